The monoisotopic (exact) mass is 542 g/mol. The van der Waals surface area contributed by atoms with E-state index in [1.165, 1.54) is 38.8 Å². The van der Waals surface area contributed by atoms with E-state index in [-0.39, 0.29) is 28.6 Å². The largest absolute Gasteiger partial charge is 0.496 e. The van der Waals surface area contributed by atoms with E-state index in [0.29, 0.717) is 11.3 Å². The predicted molar refractivity (Wildman–Crippen MR) is 134 cm³/mol. The molecule has 1 aliphatic rings. The third-order valence-corrected chi connectivity index (χ3v) is 6.59. The topological polar surface area (TPSA) is 136 Å². The second-order valence-electron chi connectivity index (χ2n) is 8.04. The van der Waals surface area contributed by atoms with Gasteiger partial charge in [-0.2, -0.15) is 0 Å². The van der Waals surface area contributed by atoms with Crippen LogP contribution in [0.15, 0.2) is 47.8 Å². The Bertz CT molecular complexity index is 1400. The van der Waals surface area contributed by atoms with Gasteiger partial charge in [0, 0.05) is 11.8 Å². The zero-order valence-corrected chi connectivity index (χ0v) is 21.3. The Hall–Kier alpha value is -4.52. The van der Waals surface area contributed by atoms with Crippen molar-refractivity contribution in [2.45, 2.75) is 18.5 Å². The van der Waals surface area contributed by atoms with Gasteiger partial charge in [0.05, 0.1) is 21.3 Å². The molecule has 1 saturated heterocycles. The fourth-order valence-electron chi connectivity index (χ4n) is 3.98. The number of para-hydroxylation sites is 1. The van der Waals surface area contributed by atoms with Gasteiger partial charge in [-0.25, -0.2) is 23.9 Å². The van der Waals surface area contributed by atoms with Gasteiger partial charge in [-0.05, 0) is 29.3 Å². The fraction of sp³-hybridized carbons (Fsp3) is 0.240. The minimum atomic E-state index is -1.34. The Labute approximate surface area is 220 Å². The van der Waals surface area contributed by atoms with Gasteiger partial charge >= 0.3 is 12.0 Å². The molecule has 1 aromatic heterocycles. The van der Waals surface area contributed by atoms with Gasteiger partial charge < -0.3 is 24.8 Å². The second kappa shape index (κ2) is 11.3. The van der Waals surface area contributed by atoms with Crippen LogP contribution in [0.5, 0.6) is 11.5 Å². The van der Waals surface area contributed by atoms with Gasteiger partial charge in [-0.15, -0.1) is 11.3 Å². The first-order chi connectivity index (χ1) is 18.3. The zero-order valence-electron chi connectivity index (χ0n) is 20.5. The Kier molecular flexibility index (Phi) is 7.86. The van der Waals surface area contributed by atoms with Crippen molar-refractivity contribution in [2.75, 3.05) is 26.6 Å². The Morgan fingerprint density at radius 1 is 1.13 bits per heavy atom. The summed E-state index contributed by atoms with van der Waals surface area (Å²) in [5.41, 5.74) is 0.734. The number of imide groups is 1. The number of nitrogens with zero attached hydrogens (tertiary/aromatic N) is 2. The van der Waals surface area contributed by atoms with Crippen LogP contribution in [-0.4, -0.2) is 61.1 Å². The number of methoxy groups -OCH3 is 3. The predicted octanol–water partition coefficient (Wildman–Crippen LogP) is 2.93. The van der Waals surface area contributed by atoms with Crippen molar-refractivity contribution >= 4 is 40.3 Å². The fourth-order valence-corrected chi connectivity index (χ4v) is 4.66. The number of carbonyl (C=O) groups excluding carboxylic acids is 4. The molecular formula is C25H23FN4O7S. The molecule has 13 heteroatoms. The lowest BCUT2D eigenvalue weighted by molar-refractivity contribution is -0.134. The number of halogens is 1. The van der Waals surface area contributed by atoms with Crippen LogP contribution >= 0.6 is 11.3 Å². The summed E-state index contributed by atoms with van der Waals surface area (Å²) < 4.78 is 29.3. The highest BCUT2D eigenvalue weighted by Gasteiger charge is 2.46. The number of thiazole rings is 1. The molecule has 1 fully saturated rings. The molecule has 11 nitrogen and oxygen atoms in total. The number of ether oxygens (including phenoxy) is 3. The SMILES string of the molecule is COC(=O)c1csc(NC(=O)[C@H](Cc2ccccc2OC)N2C(=O)N[C@H](c3ccc(OC)c(F)c3)C2=O)n1. The summed E-state index contributed by atoms with van der Waals surface area (Å²) in [4.78, 5) is 56.5. The molecule has 0 unspecified atom stereocenters. The van der Waals surface area contributed by atoms with Crippen LogP contribution in [0.4, 0.5) is 14.3 Å². The molecule has 0 radical (unpaired) electrons. The van der Waals surface area contributed by atoms with Crippen molar-refractivity contribution in [3.05, 3.63) is 70.5 Å². The minimum Gasteiger partial charge on any atom is -0.496 e. The van der Waals surface area contributed by atoms with Crippen molar-refractivity contribution < 1.29 is 37.8 Å². The zero-order chi connectivity index (χ0) is 27.4. The van der Waals surface area contributed by atoms with E-state index >= 15 is 0 Å². The lowest BCUT2D eigenvalue weighted by Crippen LogP contribution is -2.49. The van der Waals surface area contributed by atoms with Gasteiger partial charge in [0.1, 0.15) is 17.8 Å². The third-order valence-electron chi connectivity index (χ3n) is 5.83. The summed E-state index contributed by atoms with van der Waals surface area (Å²) in [7, 11) is 3.96. The van der Waals surface area contributed by atoms with Crippen molar-refractivity contribution in [3.8, 4) is 11.5 Å². The first-order valence-electron chi connectivity index (χ1n) is 11.2. The Morgan fingerprint density at radius 3 is 2.55 bits per heavy atom. The van der Waals surface area contributed by atoms with Crippen LogP contribution in [0, 0.1) is 5.82 Å². The Morgan fingerprint density at radius 2 is 1.87 bits per heavy atom. The Balaban J connectivity index is 1.66. The van der Waals surface area contributed by atoms with E-state index in [0.717, 1.165) is 22.3 Å². The first kappa shape index (κ1) is 26.5. The second-order valence-corrected chi connectivity index (χ2v) is 8.89. The molecule has 4 rings (SSSR count). The van der Waals surface area contributed by atoms with Gasteiger partial charge in [-0.1, -0.05) is 24.3 Å². The number of aromatic nitrogens is 1. The lowest BCUT2D eigenvalue weighted by Gasteiger charge is -2.25. The summed E-state index contributed by atoms with van der Waals surface area (Å²) in [5, 5.41) is 6.56. The van der Waals surface area contributed by atoms with Gasteiger partial charge in [0.2, 0.25) is 5.91 Å². The summed E-state index contributed by atoms with van der Waals surface area (Å²) >= 11 is 0.973. The van der Waals surface area contributed by atoms with Crippen LogP contribution in [0.3, 0.4) is 0 Å². The normalized spacial score (nSPS) is 15.6. The highest BCUT2D eigenvalue weighted by atomic mass is 32.1. The number of nitrogens with one attached hydrogen (secondary N) is 2. The van der Waals surface area contributed by atoms with Crippen molar-refractivity contribution in [3.63, 3.8) is 0 Å². The smallest absolute Gasteiger partial charge is 0.357 e. The van der Waals surface area contributed by atoms with Crippen molar-refractivity contribution in [1.29, 1.82) is 0 Å². The highest BCUT2D eigenvalue weighted by Crippen LogP contribution is 2.30. The minimum absolute atomic E-state index is 0.00864. The molecule has 1 aliphatic heterocycles. The lowest BCUT2D eigenvalue weighted by atomic mass is 10.0. The molecule has 2 aromatic carbocycles. The molecule has 2 atom stereocenters. The average molecular weight is 543 g/mol. The van der Waals surface area contributed by atoms with Crippen LogP contribution in [-0.2, 0) is 20.7 Å². The number of esters is 1. The summed E-state index contributed by atoms with van der Waals surface area (Å²) in [6.45, 7) is 0. The molecule has 0 spiro atoms. The maximum atomic E-state index is 14.3. The van der Waals surface area contributed by atoms with E-state index in [4.69, 9.17) is 9.47 Å². The number of rotatable bonds is 9. The number of carbonyl (C=O) groups is 4. The van der Waals surface area contributed by atoms with Crippen LogP contribution in [0.1, 0.15) is 27.7 Å². The molecule has 0 bridgehead atoms. The van der Waals surface area contributed by atoms with E-state index < -0.39 is 41.7 Å². The molecule has 198 valence electrons. The molecule has 0 aliphatic carbocycles. The van der Waals surface area contributed by atoms with Crippen LogP contribution in [0.25, 0.3) is 0 Å². The molecule has 38 heavy (non-hydrogen) atoms. The average Bonchev–Trinajstić information content (AvgIpc) is 3.50. The third kappa shape index (κ3) is 5.27. The maximum absolute atomic E-state index is 14.3. The van der Waals surface area contributed by atoms with E-state index in [1.807, 2.05) is 0 Å². The number of urea groups is 1. The standard InChI is InChI=1S/C25H23FN4O7S/c1-35-18-7-5-4-6-13(18)11-17(21(31)29-24-27-16(12-38-24)23(33)37-3)30-22(32)20(28-25(30)34)14-8-9-19(36-2)15(26)10-14/h4-10,12,17,20H,11H2,1-3H3,(H,28,34)(H,27,29,31)/t17-,20+/m0/s1. The molecular weight excluding hydrogens is 519 g/mol. The van der Waals surface area contributed by atoms with Gasteiger partial charge in [0.15, 0.2) is 22.4 Å². The molecule has 3 aromatic rings. The van der Waals surface area contributed by atoms with E-state index in [1.54, 1.807) is 24.3 Å². The number of benzene rings is 2. The van der Waals surface area contributed by atoms with Gasteiger partial charge in [-0.3, -0.25) is 9.59 Å². The maximum Gasteiger partial charge on any atom is 0.357 e. The van der Waals surface area contributed by atoms with Crippen LogP contribution in [0.2, 0.25) is 0 Å². The van der Waals surface area contributed by atoms with Crippen molar-refractivity contribution in [1.82, 2.24) is 15.2 Å². The summed E-state index contributed by atoms with van der Waals surface area (Å²) in [6, 6.07) is 7.34. The van der Waals surface area contributed by atoms with Crippen molar-refractivity contribution in [2.24, 2.45) is 0 Å². The molecule has 2 N–H and O–H groups in total. The number of anilines is 1. The van der Waals surface area contributed by atoms with E-state index in [9.17, 15) is 23.6 Å². The molecule has 2 heterocycles. The van der Waals surface area contributed by atoms with Crippen LogP contribution < -0.4 is 20.1 Å². The molecule has 0 saturated carbocycles. The summed E-state index contributed by atoms with van der Waals surface area (Å²) in [5.74, 6) is -2.44. The van der Waals surface area contributed by atoms with E-state index in [2.05, 4.69) is 20.4 Å². The van der Waals surface area contributed by atoms with Gasteiger partial charge in [0.25, 0.3) is 5.91 Å². The number of amides is 4. The molecule has 4 amide bonds. The first-order valence-corrected chi connectivity index (χ1v) is 12.1. The summed E-state index contributed by atoms with van der Waals surface area (Å²) in [6.07, 6.45) is -0.0894. The quantitative estimate of drug-likeness (QED) is 0.311. The highest BCUT2D eigenvalue weighted by molar-refractivity contribution is 7.14. The number of hydrogen-bond acceptors (Lipinski definition) is 9. The number of hydrogen-bond donors (Lipinski definition) is 2.